The molecular weight excluding hydrogens is 392 g/mol. The van der Waals surface area contributed by atoms with Gasteiger partial charge in [-0.05, 0) is 37.6 Å². The number of aryl methyl sites for hydroxylation is 2. The summed E-state index contributed by atoms with van der Waals surface area (Å²) >= 11 is 1.56. The average molecular weight is 417 g/mol. The first-order valence-electron chi connectivity index (χ1n) is 9.86. The molecule has 152 valence electrons. The van der Waals surface area contributed by atoms with Crippen molar-refractivity contribution in [2.75, 3.05) is 7.11 Å². The quantitative estimate of drug-likeness (QED) is 0.313. The molecule has 5 heteroatoms. The minimum Gasteiger partial charge on any atom is -0.496 e. The van der Waals surface area contributed by atoms with Crippen molar-refractivity contribution in [3.05, 3.63) is 99.3 Å². The van der Waals surface area contributed by atoms with E-state index < -0.39 is 0 Å². The second-order valence-corrected chi connectivity index (χ2v) is 8.33. The molecule has 4 rings (SSSR count). The standard InChI is InChI=1S/C25H24N2O2S/c1-17-8-11-19(12-9-17)15-27-24(28)21-6-4-5-7-22(21)26-25(27)30-16-20-14-18(2)10-13-23(20)29-3/h4-14H,15-16H2,1-3H3. The van der Waals surface area contributed by atoms with Crippen LogP contribution < -0.4 is 10.3 Å². The van der Waals surface area contributed by atoms with Crippen LogP contribution in [0, 0.1) is 13.8 Å². The number of aromatic nitrogens is 2. The van der Waals surface area contributed by atoms with Gasteiger partial charge in [0.2, 0.25) is 0 Å². The first kappa shape index (κ1) is 20.2. The van der Waals surface area contributed by atoms with E-state index in [4.69, 9.17) is 9.72 Å². The van der Waals surface area contributed by atoms with E-state index in [0.717, 1.165) is 22.4 Å². The third-order valence-corrected chi connectivity index (χ3v) is 6.11. The van der Waals surface area contributed by atoms with E-state index in [9.17, 15) is 4.79 Å². The third kappa shape index (κ3) is 4.26. The van der Waals surface area contributed by atoms with E-state index in [1.807, 2.05) is 36.4 Å². The molecule has 0 atom stereocenters. The van der Waals surface area contributed by atoms with Gasteiger partial charge in [0, 0.05) is 11.3 Å². The first-order chi connectivity index (χ1) is 14.5. The highest BCUT2D eigenvalue weighted by molar-refractivity contribution is 7.98. The second kappa shape index (κ2) is 8.76. The number of nitrogens with zero attached hydrogens (tertiary/aromatic N) is 2. The van der Waals surface area contributed by atoms with Crippen molar-refractivity contribution < 1.29 is 4.74 Å². The Hall–Kier alpha value is -3.05. The normalized spacial score (nSPS) is 11.0. The molecule has 4 aromatic rings. The maximum absolute atomic E-state index is 13.3. The number of hydrogen-bond donors (Lipinski definition) is 0. The molecule has 0 N–H and O–H groups in total. The van der Waals surface area contributed by atoms with Crippen LogP contribution in [0.5, 0.6) is 5.75 Å². The first-order valence-corrected chi connectivity index (χ1v) is 10.8. The number of thioether (sulfide) groups is 1. The van der Waals surface area contributed by atoms with Gasteiger partial charge in [-0.15, -0.1) is 0 Å². The summed E-state index contributed by atoms with van der Waals surface area (Å²) < 4.78 is 7.30. The lowest BCUT2D eigenvalue weighted by Gasteiger charge is -2.14. The Morgan fingerprint density at radius 2 is 1.70 bits per heavy atom. The largest absolute Gasteiger partial charge is 0.496 e. The van der Waals surface area contributed by atoms with E-state index >= 15 is 0 Å². The lowest BCUT2D eigenvalue weighted by molar-refractivity contribution is 0.411. The molecule has 0 aliphatic carbocycles. The zero-order valence-electron chi connectivity index (χ0n) is 17.4. The highest BCUT2D eigenvalue weighted by atomic mass is 32.2. The van der Waals surface area contributed by atoms with Gasteiger partial charge in [-0.25, -0.2) is 4.98 Å². The average Bonchev–Trinajstić information content (AvgIpc) is 2.76. The summed E-state index contributed by atoms with van der Waals surface area (Å²) in [5.41, 5.74) is 5.25. The summed E-state index contributed by atoms with van der Waals surface area (Å²) in [6.07, 6.45) is 0. The van der Waals surface area contributed by atoms with E-state index in [1.165, 1.54) is 11.1 Å². The van der Waals surface area contributed by atoms with Gasteiger partial charge in [0.25, 0.3) is 5.56 Å². The van der Waals surface area contributed by atoms with Gasteiger partial charge in [-0.1, -0.05) is 71.4 Å². The summed E-state index contributed by atoms with van der Waals surface area (Å²) in [5, 5.41) is 1.35. The van der Waals surface area contributed by atoms with Crippen molar-refractivity contribution in [2.24, 2.45) is 0 Å². The van der Waals surface area contributed by atoms with Crippen LogP contribution in [-0.4, -0.2) is 16.7 Å². The second-order valence-electron chi connectivity index (χ2n) is 7.39. The van der Waals surface area contributed by atoms with Crippen LogP contribution in [0.1, 0.15) is 22.3 Å². The molecule has 4 nitrogen and oxygen atoms in total. The lowest BCUT2D eigenvalue weighted by atomic mass is 10.1. The van der Waals surface area contributed by atoms with Gasteiger partial charge in [0.1, 0.15) is 5.75 Å². The fourth-order valence-corrected chi connectivity index (χ4v) is 4.41. The minimum atomic E-state index is -0.0140. The molecule has 0 amide bonds. The fraction of sp³-hybridized carbons (Fsp3) is 0.200. The summed E-state index contributed by atoms with van der Waals surface area (Å²) in [7, 11) is 1.68. The van der Waals surface area contributed by atoms with Crippen molar-refractivity contribution >= 4 is 22.7 Å². The molecule has 3 aromatic carbocycles. The molecule has 1 aromatic heterocycles. The van der Waals surface area contributed by atoms with Crippen molar-refractivity contribution in [2.45, 2.75) is 31.3 Å². The van der Waals surface area contributed by atoms with Gasteiger partial charge in [0.05, 0.1) is 24.6 Å². The molecular formula is C25H24N2O2S. The number of rotatable bonds is 6. The molecule has 0 fully saturated rings. The van der Waals surface area contributed by atoms with Crippen molar-refractivity contribution in [1.82, 2.24) is 9.55 Å². The summed E-state index contributed by atoms with van der Waals surface area (Å²) in [6, 6.07) is 21.9. The predicted molar refractivity (Wildman–Crippen MR) is 124 cm³/mol. The SMILES string of the molecule is COc1ccc(C)cc1CSc1nc2ccccc2c(=O)n1Cc1ccc(C)cc1. The summed E-state index contributed by atoms with van der Waals surface area (Å²) in [4.78, 5) is 18.1. The van der Waals surface area contributed by atoms with Crippen LogP contribution >= 0.6 is 11.8 Å². The molecule has 0 saturated carbocycles. The van der Waals surface area contributed by atoms with Crippen LogP contribution in [0.3, 0.4) is 0 Å². The van der Waals surface area contributed by atoms with Gasteiger partial charge < -0.3 is 4.74 Å². The molecule has 0 radical (unpaired) electrons. The molecule has 0 spiro atoms. The Kier molecular flexibility index (Phi) is 5.91. The van der Waals surface area contributed by atoms with Crippen molar-refractivity contribution in [3.63, 3.8) is 0 Å². The van der Waals surface area contributed by atoms with Gasteiger partial charge >= 0.3 is 0 Å². The maximum atomic E-state index is 13.3. The molecule has 0 saturated heterocycles. The third-order valence-electron chi connectivity index (χ3n) is 5.08. The Morgan fingerprint density at radius 1 is 0.967 bits per heavy atom. The molecule has 0 unspecified atom stereocenters. The van der Waals surface area contributed by atoms with Crippen molar-refractivity contribution in [3.8, 4) is 5.75 Å². The number of hydrogen-bond acceptors (Lipinski definition) is 4. The van der Waals surface area contributed by atoms with Gasteiger partial charge in [0.15, 0.2) is 5.16 Å². The van der Waals surface area contributed by atoms with E-state index in [1.54, 1.807) is 23.4 Å². The Morgan fingerprint density at radius 3 is 2.47 bits per heavy atom. The van der Waals surface area contributed by atoms with Gasteiger partial charge in [-0.2, -0.15) is 0 Å². The summed E-state index contributed by atoms with van der Waals surface area (Å²) in [5.74, 6) is 1.52. The zero-order chi connectivity index (χ0) is 21.1. The Bertz CT molecular complexity index is 1250. The number of ether oxygens (including phenoxy) is 1. The number of benzene rings is 3. The van der Waals surface area contributed by atoms with Crippen LogP contribution in [0.25, 0.3) is 10.9 Å². The molecule has 30 heavy (non-hydrogen) atoms. The highest BCUT2D eigenvalue weighted by Crippen LogP contribution is 2.28. The lowest BCUT2D eigenvalue weighted by Crippen LogP contribution is -2.24. The van der Waals surface area contributed by atoms with Gasteiger partial charge in [-0.3, -0.25) is 9.36 Å². The molecule has 0 aliphatic rings. The van der Waals surface area contributed by atoms with E-state index in [0.29, 0.717) is 22.8 Å². The van der Waals surface area contributed by atoms with Crippen LogP contribution in [0.4, 0.5) is 0 Å². The summed E-state index contributed by atoms with van der Waals surface area (Å²) in [6.45, 7) is 4.61. The highest BCUT2D eigenvalue weighted by Gasteiger charge is 2.13. The maximum Gasteiger partial charge on any atom is 0.262 e. The van der Waals surface area contributed by atoms with E-state index in [-0.39, 0.29) is 5.56 Å². The monoisotopic (exact) mass is 416 g/mol. The smallest absolute Gasteiger partial charge is 0.262 e. The van der Waals surface area contributed by atoms with Crippen LogP contribution in [0.15, 0.2) is 76.7 Å². The van der Waals surface area contributed by atoms with E-state index in [2.05, 4.69) is 44.2 Å². The topological polar surface area (TPSA) is 44.1 Å². The molecule has 0 bridgehead atoms. The minimum absolute atomic E-state index is 0.0140. The number of para-hydroxylation sites is 1. The Labute approximate surface area is 180 Å². The number of fused-ring (bicyclic) bond motifs is 1. The van der Waals surface area contributed by atoms with Crippen molar-refractivity contribution in [1.29, 1.82) is 0 Å². The Balaban J connectivity index is 1.75. The number of methoxy groups -OCH3 is 1. The molecule has 1 heterocycles. The van der Waals surface area contributed by atoms with Crippen LogP contribution in [-0.2, 0) is 12.3 Å². The predicted octanol–water partition coefficient (Wildman–Crippen LogP) is 5.36. The van der Waals surface area contributed by atoms with Crippen LogP contribution in [0.2, 0.25) is 0 Å². The molecule has 0 aliphatic heterocycles. The fourth-order valence-electron chi connectivity index (χ4n) is 3.44. The zero-order valence-corrected chi connectivity index (χ0v) is 18.2.